The Bertz CT molecular complexity index is 1100. The lowest BCUT2D eigenvalue weighted by Gasteiger charge is -2.26. The number of hydrogen-bond acceptors (Lipinski definition) is 7. The Morgan fingerprint density at radius 2 is 1.79 bits per heavy atom. The summed E-state index contributed by atoms with van der Waals surface area (Å²) < 4.78 is 21.4. The van der Waals surface area contributed by atoms with Gasteiger partial charge in [-0.15, -0.1) is 0 Å². The summed E-state index contributed by atoms with van der Waals surface area (Å²) in [5.74, 6) is -0.486. The van der Waals surface area contributed by atoms with E-state index in [4.69, 9.17) is 30.5 Å². The van der Waals surface area contributed by atoms with Crippen molar-refractivity contribution in [3.63, 3.8) is 0 Å². The van der Waals surface area contributed by atoms with Crippen molar-refractivity contribution in [1.82, 2.24) is 4.90 Å². The average Bonchev–Trinajstić information content (AvgIpc) is 3.09. The molecule has 0 aromatic heterocycles. The van der Waals surface area contributed by atoms with Crippen LogP contribution in [0.15, 0.2) is 42.0 Å². The van der Waals surface area contributed by atoms with Crippen LogP contribution in [0, 0.1) is 0 Å². The number of methoxy groups -OCH3 is 3. The summed E-state index contributed by atoms with van der Waals surface area (Å²) >= 11 is 6.36. The van der Waals surface area contributed by atoms with E-state index < -0.39 is 17.7 Å². The van der Waals surface area contributed by atoms with Crippen molar-refractivity contribution in [2.24, 2.45) is 0 Å². The highest BCUT2D eigenvalue weighted by Gasteiger charge is 2.46. The maximum absolute atomic E-state index is 13.2. The second-order valence-corrected chi connectivity index (χ2v) is 7.94. The zero-order valence-electron chi connectivity index (χ0n) is 19.6. The van der Waals surface area contributed by atoms with Crippen LogP contribution < -0.4 is 14.2 Å². The van der Waals surface area contributed by atoms with Crippen LogP contribution in [-0.4, -0.2) is 62.8 Å². The van der Waals surface area contributed by atoms with Gasteiger partial charge in [0.2, 0.25) is 0 Å². The molecule has 1 heterocycles. The molecule has 0 aliphatic carbocycles. The number of ether oxygens (including phenoxy) is 4. The molecular formula is C25H28ClNO7. The monoisotopic (exact) mass is 489 g/mol. The van der Waals surface area contributed by atoms with Gasteiger partial charge in [0.1, 0.15) is 11.5 Å². The summed E-state index contributed by atoms with van der Waals surface area (Å²) in [6, 6.07) is 9.02. The van der Waals surface area contributed by atoms with Crippen molar-refractivity contribution in [3.8, 4) is 17.2 Å². The van der Waals surface area contributed by atoms with Crippen LogP contribution in [0.25, 0.3) is 5.76 Å². The molecule has 1 saturated heterocycles. The van der Waals surface area contributed by atoms with Crippen LogP contribution in [0.3, 0.4) is 0 Å². The molecule has 2 aromatic rings. The molecule has 9 heteroatoms. The third-order valence-corrected chi connectivity index (χ3v) is 5.84. The van der Waals surface area contributed by atoms with E-state index in [9.17, 15) is 14.7 Å². The Balaban J connectivity index is 2.20. The number of Topliss-reactive ketones (excluding diaryl/α,β-unsaturated/α-hetero) is 1. The fourth-order valence-corrected chi connectivity index (χ4v) is 4.15. The molecule has 1 fully saturated rings. The van der Waals surface area contributed by atoms with Gasteiger partial charge in [0, 0.05) is 25.8 Å². The minimum atomic E-state index is -0.858. The first-order valence-electron chi connectivity index (χ1n) is 10.8. The molecule has 0 spiro atoms. The van der Waals surface area contributed by atoms with E-state index >= 15 is 0 Å². The van der Waals surface area contributed by atoms with E-state index in [0.29, 0.717) is 42.4 Å². The number of benzene rings is 2. The molecule has 1 unspecified atom stereocenters. The first-order valence-corrected chi connectivity index (χ1v) is 11.2. The number of halogens is 1. The van der Waals surface area contributed by atoms with Gasteiger partial charge in [-0.3, -0.25) is 9.59 Å². The lowest BCUT2D eigenvalue weighted by atomic mass is 9.94. The topological polar surface area (TPSA) is 94.5 Å². The van der Waals surface area contributed by atoms with Gasteiger partial charge in [-0.25, -0.2) is 0 Å². The van der Waals surface area contributed by atoms with Crippen molar-refractivity contribution >= 4 is 29.1 Å². The molecule has 34 heavy (non-hydrogen) atoms. The van der Waals surface area contributed by atoms with Crippen molar-refractivity contribution in [2.45, 2.75) is 19.4 Å². The Labute approximate surface area is 203 Å². The average molecular weight is 490 g/mol. The van der Waals surface area contributed by atoms with Gasteiger partial charge in [-0.2, -0.15) is 0 Å². The number of carbonyl (C=O) groups excluding carboxylic acids is 2. The number of nitrogens with zero attached hydrogens (tertiary/aromatic N) is 1. The molecule has 1 N–H and O–H groups in total. The molecule has 0 bridgehead atoms. The van der Waals surface area contributed by atoms with Gasteiger partial charge in [0.05, 0.1) is 37.5 Å². The largest absolute Gasteiger partial charge is 0.507 e. The molecule has 1 aliphatic rings. The number of rotatable bonds is 10. The highest BCUT2D eigenvalue weighted by Crippen LogP contribution is 2.43. The van der Waals surface area contributed by atoms with E-state index in [2.05, 4.69) is 0 Å². The minimum Gasteiger partial charge on any atom is -0.507 e. The number of amides is 1. The van der Waals surface area contributed by atoms with Gasteiger partial charge in [0.15, 0.2) is 11.5 Å². The number of aliphatic hydroxyl groups is 1. The van der Waals surface area contributed by atoms with Crippen LogP contribution in [0.1, 0.15) is 30.5 Å². The summed E-state index contributed by atoms with van der Waals surface area (Å²) in [5.41, 5.74) is 0.714. The van der Waals surface area contributed by atoms with E-state index in [1.54, 1.807) is 43.5 Å². The molecule has 0 radical (unpaired) electrons. The second-order valence-electron chi connectivity index (χ2n) is 7.53. The maximum Gasteiger partial charge on any atom is 0.295 e. The second kappa shape index (κ2) is 11.3. The number of aliphatic hydroxyl groups excluding tert-OH is 1. The summed E-state index contributed by atoms with van der Waals surface area (Å²) in [5, 5.41) is 11.5. The number of hydrogen-bond donors (Lipinski definition) is 1. The van der Waals surface area contributed by atoms with Crippen LogP contribution >= 0.6 is 11.6 Å². The van der Waals surface area contributed by atoms with Gasteiger partial charge in [-0.1, -0.05) is 17.7 Å². The predicted octanol–water partition coefficient (Wildman–Crippen LogP) is 4.21. The molecule has 8 nitrogen and oxygen atoms in total. The Morgan fingerprint density at radius 3 is 2.44 bits per heavy atom. The third kappa shape index (κ3) is 4.98. The zero-order valence-corrected chi connectivity index (χ0v) is 20.3. The van der Waals surface area contributed by atoms with Crippen LogP contribution in [0.2, 0.25) is 5.02 Å². The number of ketones is 1. The fourth-order valence-electron chi connectivity index (χ4n) is 3.95. The van der Waals surface area contributed by atoms with Gasteiger partial charge >= 0.3 is 0 Å². The minimum absolute atomic E-state index is 0.0646. The van der Waals surface area contributed by atoms with E-state index in [1.165, 1.54) is 19.1 Å². The van der Waals surface area contributed by atoms with E-state index in [-0.39, 0.29) is 28.5 Å². The van der Waals surface area contributed by atoms with Crippen LogP contribution in [-0.2, 0) is 14.3 Å². The van der Waals surface area contributed by atoms with Crippen molar-refractivity contribution in [1.29, 1.82) is 0 Å². The van der Waals surface area contributed by atoms with Gasteiger partial charge in [-0.05, 0) is 49.2 Å². The standard InChI is InChI=1S/C25H28ClNO7/c1-5-34-16-8-9-18(26)17(14-16)23(28)21-22(15-7-10-19(32-3)20(13-15)33-4)27(11-6-12-31-2)25(30)24(21)29/h7-10,13-14,22,28H,5-6,11-12H2,1-4H3/b23-21+. The zero-order chi connectivity index (χ0) is 24.8. The lowest BCUT2D eigenvalue weighted by molar-refractivity contribution is -0.140. The Morgan fingerprint density at radius 1 is 1.06 bits per heavy atom. The Kier molecular flexibility index (Phi) is 8.41. The van der Waals surface area contributed by atoms with Crippen molar-refractivity contribution < 1.29 is 33.6 Å². The SMILES string of the molecule is CCOc1ccc(Cl)c(/C(O)=C2\C(=O)C(=O)N(CCCOC)C2c2ccc(OC)c(OC)c2)c1. The number of carbonyl (C=O) groups is 2. The smallest absolute Gasteiger partial charge is 0.295 e. The van der Waals surface area contributed by atoms with Crippen molar-refractivity contribution in [2.75, 3.05) is 41.1 Å². The Hall–Kier alpha value is -3.23. The van der Waals surface area contributed by atoms with Gasteiger partial charge < -0.3 is 29.0 Å². The van der Waals surface area contributed by atoms with Crippen LogP contribution in [0.5, 0.6) is 17.2 Å². The normalized spacial score (nSPS) is 17.2. The molecule has 0 saturated carbocycles. The molecule has 1 atom stereocenters. The van der Waals surface area contributed by atoms with E-state index in [1.807, 2.05) is 6.92 Å². The summed E-state index contributed by atoms with van der Waals surface area (Å²) in [6.45, 7) is 2.90. The summed E-state index contributed by atoms with van der Waals surface area (Å²) in [4.78, 5) is 27.6. The molecule has 182 valence electrons. The maximum atomic E-state index is 13.2. The van der Waals surface area contributed by atoms with Gasteiger partial charge in [0.25, 0.3) is 11.7 Å². The first-order chi connectivity index (χ1) is 16.4. The molecule has 3 rings (SSSR count). The predicted molar refractivity (Wildman–Crippen MR) is 128 cm³/mol. The van der Waals surface area contributed by atoms with E-state index in [0.717, 1.165) is 0 Å². The third-order valence-electron chi connectivity index (χ3n) is 5.51. The fraction of sp³-hybridized carbons (Fsp3) is 0.360. The quantitative estimate of drug-likeness (QED) is 0.231. The lowest BCUT2D eigenvalue weighted by Crippen LogP contribution is -2.31. The highest BCUT2D eigenvalue weighted by atomic mass is 35.5. The molecule has 2 aromatic carbocycles. The molecular weight excluding hydrogens is 462 g/mol. The first kappa shape index (κ1) is 25.4. The summed E-state index contributed by atoms with van der Waals surface area (Å²) in [6.07, 6.45) is 0.508. The molecule has 1 aliphatic heterocycles. The summed E-state index contributed by atoms with van der Waals surface area (Å²) in [7, 11) is 4.57. The molecule has 1 amide bonds. The van der Waals surface area contributed by atoms with Crippen molar-refractivity contribution in [3.05, 3.63) is 58.1 Å². The highest BCUT2D eigenvalue weighted by molar-refractivity contribution is 6.47. The van der Waals surface area contributed by atoms with Crippen LogP contribution in [0.4, 0.5) is 0 Å². The number of likely N-dealkylation sites (tertiary alicyclic amines) is 1.